The predicted octanol–water partition coefficient (Wildman–Crippen LogP) is 2.46. The Bertz CT molecular complexity index is 775. The number of amides is 1. The Morgan fingerprint density at radius 2 is 1.86 bits per heavy atom. The molecule has 9 heteroatoms. The number of nitrogen functional groups attached to an aromatic ring is 1. The van der Waals surface area contributed by atoms with Crippen LogP contribution in [-0.2, 0) is 11.4 Å². The van der Waals surface area contributed by atoms with Crippen LogP contribution in [-0.4, -0.2) is 51.6 Å². The Labute approximate surface area is 169 Å². The first-order valence-corrected chi connectivity index (χ1v) is 10.5. The van der Waals surface area contributed by atoms with Gasteiger partial charge in [0.15, 0.2) is 5.82 Å². The van der Waals surface area contributed by atoms with E-state index in [2.05, 4.69) is 10.2 Å². The maximum absolute atomic E-state index is 12.5. The van der Waals surface area contributed by atoms with Crippen molar-refractivity contribution in [1.29, 1.82) is 0 Å². The molecule has 1 aliphatic rings. The number of carbonyl (C=O) groups excluding carboxylic acids is 1. The van der Waals surface area contributed by atoms with Crippen LogP contribution in [0.2, 0.25) is 0 Å². The Kier molecular flexibility index (Phi) is 7.41. The van der Waals surface area contributed by atoms with Crippen LogP contribution in [0.25, 0.3) is 0 Å². The summed E-state index contributed by atoms with van der Waals surface area (Å²) in [4.78, 5) is 14.5. The summed E-state index contributed by atoms with van der Waals surface area (Å²) in [5.41, 5.74) is 0. The maximum Gasteiger partial charge on any atom is 0.233 e. The molecule has 0 atom stereocenters. The van der Waals surface area contributed by atoms with Crippen molar-refractivity contribution >= 4 is 17.7 Å². The monoisotopic (exact) mass is 405 g/mol. The summed E-state index contributed by atoms with van der Waals surface area (Å²) in [6.45, 7) is 1.86. The largest absolute Gasteiger partial charge is 0.497 e. The molecular formula is C19H27N5O3S. The summed E-state index contributed by atoms with van der Waals surface area (Å²) in [6.07, 6.45) is 5.83. The first-order chi connectivity index (χ1) is 13.7. The highest BCUT2D eigenvalue weighted by atomic mass is 32.2. The van der Waals surface area contributed by atoms with E-state index in [-0.39, 0.29) is 12.5 Å². The molecule has 2 N–H and O–H groups in total. The predicted molar refractivity (Wildman–Crippen MR) is 108 cm³/mol. The van der Waals surface area contributed by atoms with Crippen LogP contribution < -0.4 is 15.3 Å². The molecule has 2 heterocycles. The van der Waals surface area contributed by atoms with Gasteiger partial charge in [-0.1, -0.05) is 37.1 Å². The average molecular weight is 406 g/mol. The lowest BCUT2D eigenvalue weighted by molar-refractivity contribution is -0.128. The number of methoxy groups -OCH3 is 1. The van der Waals surface area contributed by atoms with Gasteiger partial charge in [-0.3, -0.25) is 4.79 Å². The summed E-state index contributed by atoms with van der Waals surface area (Å²) in [6, 6.07) is 7.31. The molecule has 1 aromatic carbocycles. The topological polar surface area (TPSA) is 95.5 Å². The van der Waals surface area contributed by atoms with Crippen molar-refractivity contribution in [3.8, 4) is 11.5 Å². The van der Waals surface area contributed by atoms with E-state index in [0.29, 0.717) is 28.2 Å². The van der Waals surface area contributed by atoms with E-state index >= 15 is 0 Å². The molecule has 0 bridgehead atoms. The Morgan fingerprint density at radius 3 is 2.61 bits per heavy atom. The number of aromatic nitrogens is 3. The van der Waals surface area contributed by atoms with E-state index in [1.165, 1.54) is 35.7 Å². The van der Waals surface area contributed by atoms with Crippen LogP contribution in [0.4, 0.5) is 0 Å². The number of benzene rings is 1. The second-order valence-electron chi connectivity index (χ2n) is 6.67. The number of hydrogen-bond acceptors (Lipinski definition) is 7. The van der Waals surface area contributed by atoms with E-state index in [4.69, 9.17) is 15.3 Å². The van der Waals surface area contributed by atoms with Gasteiger partial charge in [0.2, 0.25) is 11.1 Å². The van der Waals surface area contributed by atoms with Crippen LogP contribution in [0.3, 0.4) is 0 Å². The third kappa shape index (κ3) is 5.54. The van der Waals surface area contributed by atoms with Crippen molar-refractivity contribution in [2.24, 2.45) is 0 Å². The van der Waals surface area contributed by atoms with E-state index in [1.807, 2.05) is 23.1 Å². The number of nitrogens with zero attached hydrogens (tertiary/aromatic N) is 4. The molecule has 0 spiro atoms. The van der Waals surface area contributed by atoms with E-state index < -0.39 is 0 Å². The lowest BCUT2D eigenvalue weighted by Crippen LogP contribution is -2.35. The van der Waals surface area contributed by atoms with Crippen molar-refractivity contribution in [3.05, 3.63) is 30.1 Å². The fourth-order valence-electron chi connectivity index (χ4n) is 3.06. The Morgan fingerprint density at radius 1 is 1.14 bits per heavy atom. The van der Waals surface area contributed by atoms with Gasteiger partial charge in [-0.25, -0.2) is 4.68 Å². The summed E-state index contributed by atoms with van der Waals surface area (Å²) in [7, 11) is 1.60. The van der Waals surface area contributed by atoms with Gasteiger partial charge in [-0.15, -0.1) is 10.2 Å². The van der Waals surface area contributed by atoms with Gasteiger partial charge in [-0.2, -0.15) is 0 Å². The zero-order valence-electron chi connectivity index (χ0n) is 16.2. The number of ether oxygens (including phenoxy) is 2. The van der Waals surface area contributed by atoms with Crippen LogP contribution in [0.1, 0.15) is 37.9 Å². The average Bonchev–Trinajstić information content (AvgIpc) is 3.04. The normalized spacial score (nSPS) is 15.0. The highest BCUT2D eigenvalue weighted by Gasteiger charge is 2.17. The standard InChI is InChI=1S/C19H27N5O3S/c1-26-15-8-7-9-16(12-15)27-13-17-21-22-19(24(17)20)28-14-18(25)23-10-5-3-2-4-6-11-23/h7-9,12H,2-6,10-11,13-14,20H2,1H3. The molecule has 0 aliphatic carbocycles. The molecule has 1 fully saturated rings. The molecule has 28 heavy (non-hydrogen) atoms. The minimum absolute atomic E-state index is 0.129. The van der Waals surface area contributed by atoms with Gasteiger partial charge >= 0.3 is 0 Å². The molecule has 0 unspecified atom stereocenters. The second kappa shape index (κ2) is 10.2. The van der Waals surface area contributed by atoms with E-state index in [9.17, 15) is 4.79 Å². The van der Waals surface area contributed by atoms with Gasteiger partial charge in [0.25, 0.3) is 0 Å². The van der Waals surface area contributed by atoms with Crippen LogP contribution in [0, 0.1) is 0 Å². The molecule has 2 aromatic rings. The van der Waals surface area contributed by atoms with Crippen molar-refractivity contribution in [1.82, 2.24) is 19.8 Å². The third-order valence-electron chi connectivity index (χ3n) is 4.68. The molecular weight excluding hydrogens is 378 g/mol. The smallest absolute Gasteiger partial charge is 0.233 e. The Balaban J connectivity index is 1.51. The zero-order valence-corrected chi connectivity index (χ0v) is 17.0. The van der Waals surface area contributed by atoms with Gasteiger partial charge in [0.1, 0.15) is 18.1 Å². The first-order valence-electron chi connectivity index (χ1n) is 9.54. The van der Waals surface area contributed by atoms with E-state index in [1.54, 1.807) is 13.2 Å². The lowest BCUT2D eigenvalue weighted by atomic mass is 10.1. The van der Waals surface area contributed by atoms with Crippen LogP contribution in [0.5, 0.6) is 11.5 Å². The molecule has 152 valence electrons. The number of hydrogen-bond donors (Lipinski definition) is 1. The SMILES string of the molecule is COc1cccc(OCc2nnc(SCC(=O)N3CCCCCCC3)n2N)c1. The number of likely N-dealkylation sites (tertiary alicyclic amines) is 1. The van der Waals surface area contributed by atoms with Crippen molar-refractivity contribution < 1.29 is 14.3 Å². The summed E-state index contributed by atoms with van der Waals surface area (Å²) < 4.78 is 12.3. The molecule has 8 nitrogen and oxygen atoms in total. The van der Waals surface area contributed by atoms with Gasteiger partial charge in [0, 0.05) is 19.2 Å². The maximum atomic E-state index is 12.5. The van der Waals surface area contributed by atoms with Crippen molar-refractivity contribution in [3.63, 3.8) is 0 Å². The minimum Gasteiger partial charge on any atom is -0.497 e. The molecule has 1 saturated heterocycles. The second-order valence-corrected chi connectivity index (χ2v) is 7.62. The lowest BCUT2D eigenvalue weighted by Gasteiger charge is -2.24. The van der Waals surface area contributed by atoms with Crippen molar-refractivity contribution in [2.75, 3.05) is 31.8 Å². The summed E-state index contributed by atoms with van der Waals surface area (Å²) in [5.74, 6) is 8.38. The molecule has 1 amide bonds. The van der Waals surface area contributed by atoms with Gasteiger partial charge < -0.3 is 20.2 Å². The van der Waals surface area contributed by atoms with Gasteiger partial charge in [-0.05, 0) is 25.0 Å². The summed E-state index contributed by atoms with van der Waals surface area (Å²) >= 11 is 1.31. The highest BCUT2D eigenvalue weighted by molar-refractivity contribution is 7.99. The summed E-state index contributed by atoms with van der Waals surface area (Å²) in [5, 5.41) is 8.67. The fourth-order valence-corrected chi connectivity index (χ4v) is 3.84. The van der Waals surface area contributed by atoms with E-state index in [0.717, 1.165) is 25.9 Å². The third-order valence-corrected chi connectivity index (χ3v) is 5.61. The van der Waals surface area contributed by atoms with Crippen molar-refractivity contribution in [2.45, 2.75) is 43.9 Å². The first kappa shape index (κ1) is 20.3. The fraction of sp³-hybridized carbons (Fsp3) is 0.526. The zero-order chi connectivity index (χ0) is 19.8. The number of carbonyl (C=O) groups is 1. The highest BCUT2D eigenvalue weighted by Crippen LogP contribution is 2.21. The molecule has 1 aliphatic heterocycles. The minimum atomic E-state index is 0.129. The number of rotatable bonds is 7. The number of nitrogens with two attached hydrogens (primary N) is 1. The van der Waals surface area contributed by atoms with Crippen LogP contribution in [0.15, 0.2) is 29.4 Å². The number of thioether (sulfide) groups is 1. The molecule has 3 rings (SSSR count). The molecule has 0 saturated carbocycles. The molecule has 1 aromatic heterocycles. The van der Waals surface area contributed by atoms with Crippen LogP contribution >= 0.6 is 11.8 Å². The Hall–Kier alpha value is -2.42. The van der Waals surface area contributed by atoms with Gasteiger partial charge in [0.05, 0.1) is 12.9 Å². The molecule has 0 radical (unpaired) electrons. The quantitative estimate of drug-likeness (QED) is 0.558.